The van der Waals surface area contributed by atoms with Crippen LogP contribution < -0.4 is 10.2 Å². The van der Waals surface area contributed by atoms with E-state index in [1.54, 1.807) is 12.1 Å². The number of rotatable bonds is 5. The molecule has 2 saturated heterocycles. The monoisotopic (exact) mass is 447 g/mol. The van der Waals surface area contributed by atoms with Crippen molar-refractivity contribution in [2.24, 2.45) is 5.92 Å². The molecule has 0 aromatic heterocycles. The smallest absolute Gasteiger partial charge is 0.243 e. The summed E-state index contributed by atoms with van der Waals surface area (Å²) in [7, 11) is -3.64. The number of amides is 1. The van der Waals surface area contributed by atoms with E-state index in [2.05, 4.69) is 10.2 Å². The van der Waals surface area contributed by atoms with Crippen molar-refractivity contribution in [3.63, 3.8) is 0 Å². The molecule has 8 heteroatoms. The van der Waals surface area contributed by atoms with Gasteiger partial charge in [0.05, 0.1) is 10.8 Å². The standard InChI is InChI=1S/C22H26ClN3O3S/c23-18-5-11-21(12-6-18)30(28,29)26-15-3-4-17(16-26)22(27)24-19-7-9-20(10-8-19)25-13-1-2-14-25/h5-12,17H,1-4,13-16H2,(H,24,27)/t17-/m0/s1. The van der Waals surface area contributed by atoms with Gasteiger partial charge in [-0.05, 0) is 74.2 Å². The first-order valence-corrected chi connectivity index (χ1v) is 12.2. The second kappa shape index (κ2) is 8.96. The van der Waals surface area contributed by atoms with E-state index in [1.165, 1.54) is 35.0 Å². The zero-order valence-corrected chi connectivity index (χ0v) is 18.3. The summed E-state index contributed by atoms with van der Waals surface area (Å²) in [6.07, 6.45) is 3.76. The van der Waals surface area contributed by atoms with E-state index in [9.17, 15) is 13.2 Å². The molecular formula is C22H26ClN3O3S. The highest BCUT2D eigenvalue weighted by atomic mass is 35.5. The molecule has 6 nitrogen and oxygen atoms in total. The highest BCUT2D eigenvalue weighted by molar-refractivity contribution is 7.89. The maximum absolute atomic E-state index is 12.9. The maximum atomic E-state index is 12.9. The number of piperidine rings is 1. The predicted molar refractivity (Wildman–Crippen MR) is 119 cm³/mol. The van der Waals surface area contributed by atoms with Crippen molar-refractivity contribution in [3.05, 3.63) is 53.6 Å². The third-order valence-electron chi connectivity index (χ3n) is 5.81. The van der Waals surface area contributed by atoms with Gasteiger partial charge >= 0.3 is 0 Å². The molecule has 4 rings (SSSR count). The number of carbonyl (C=O) groups is 1. The van der Waals surface area contributed by atoms with Gasteiger partial charge in [0.2, 0.25) is 15.9 Å². The number of sulfonamides is 1. The molecule has 0 unspecified atom stereocenters. The predicted octanol–water partition coefficient (Wildman–Crippen LogP) is 3.98. The molecule has 1 amide bonds. The van der Waals surface area contributed by atoms with Crippen LogP contribution in [0.4, 0.5) is 11.4 Å². The summed E-state index contributed by atoms with van der Waals surface area (Å²) >= 11 is 5.87. The highest BCUT2D eigenvalue weighted by Crippen LogP contribution is 2.26. The number of benzene rings is 2. The fourth-order valence-corrected chi connectivity index (χ4v) is 5.76. The van der Waals surface area contributed by atoms with Gasteiger partial charge in [-0.2, -0.15) is 4.31 Å². The van der Waals surface area contributed by atoms with Gasteiger partial charge in [-0.1, -0.05) is 11.6 Å². The molecule has 0 spiro atoms. The minimum Gasteiger partial charge on any atom is -0.372 e. The van der Waals surface area contributed by atoms with Gasteiger partial charge in [-0.15, -0.1) is 0 Å². The summed E-state index contributed by atoms with van der Waals surface area (Å²) in [5.41, 5.74) is 1.91. The molecule has 2 heterocycles. The average molecular weight is 448 g/mol. The van der Waals surface area contributed by atoms with Crippen LogP contribution in [0.5, 0.6) is 0 Å². The molecule has 2 fully saturated rings. The van der Waals surface area contributed by atoms with Crippen LogP contribution in [-0.4, -0.2) is 44.8 Å². The molecule has 160 valence electrons. The molecule has 1 N–H and O–H groups in total. The number of halogens is 1. The number of carbonyl (C=O) groups excluding carboxylic acids is 1. The third kappa shape index (κ3) is 4.63. The van der Waals surface area contributed by atoms with Crippen LogP contribution in [0.25, 0.3) is 0 Å². The van der Waals surface area contributed by atoms with Crippen molar-refractivity contribution < 1.29 is 13.2 Å². The van der Waals surface area contributed by atoms with E-state index in [0.717, 1.165) is 18.8 Å². The van der Waals surface area contributed by atoms with Crippen molar-refractivity contribution in [1.82, 2.24) is 4.31 Å². The zero-order chi connectivity index (χ0) is 21.1. The molecule has 0 bridgehead atoms. The van der Waals surface area contributed by atoms with Crippen molar-refractivity contribution >= 4 is 38.9 Å². The van der Waals surface area contributed by atoms with Gasteiger partial charge in [0.1, 0.15) is 0 Å². The molecule has 0 saturated carbocycles. The lowest BCUT2D eigenvalue weighted by atomic mass is 9.98. The van der Waals surface area contributed by atoms with Gasteiger partial charge in [-0.3, -0.25) is 4.79 Å². The third-order valence-corrected chi connectivity index (χ3v) is 7.94. The van der Waals surface area contributed by atoms with Crippen LogP contribution in [0.15, 0.2) is 53.4 Å². The van der Waals surface area contributed by atoms with Crippen LogP contribution in [0, 0.1) is 5.92 Å². The molecule has 0 aliphatic carbocycles. The van der Waals surface area contributed by atoms with Gasteiger partial charge in [0.25, 0.3) is 0 Å². The number of hydrogen-bond donors (Lipinski definition) is 1. The van der Waals surface area contributed by atoms with Crippen molar-refractivity contribution in [2.45, 2.75) is 30.6 Å². The Morgan fingerprint density at radius 1 is 0.933 bits per heavy atom. The molecule has 2 aliphatic rings. The topological polar surface area (TPSA) is 69.7 Å². The first kappa shape index (κ1) is 21.2. The molecular weight excluding hydrogens is 422 g/mol. The molecule has 2 aliphatic heterocycles. The Morgan fingerprint density at radius 3 is 2.27 bits per heavy atom. The van der Waals surface area contributed by atoms with Crippen LogP contribution in [0.1, 0.15) is 25.7 Å². The SMILES string of the molecule is O=C(Nc1ccc(N2CCCC2)cc1)[C@H]1CCCN(S(=O)(=O)c2ccc(Cl)cc2)C1. The summed E-state index contributed by atoms with van der Waals surface area (Å²) in [5.74, 6) is -0.515. The largest absolute Gasteiger partial charge is 0.372 e. The van der Waals surface area contributed by atoms with Crippen LogP contribution in [0.2, 0.25) is 5.02 Å². The molecule has 30 heavy (non-hydrogen) atoms. The second-order valence-corrected chi connectivity index (χ2v) is 10.3. The van der Waals surface area contributed by atoms with E-state index >= 15 is 0 Å². The first-order chi connectivity index (χ1) is 14.4. The quantitative estimate of drug-likeness (QED) is 0.752. The van der Waals surface area contributed by atoms with Gasteiger partial charge in [0.15, 0.2) is 0 Å². The summed E-state index contributed by atoms with van der Waals surface area (Å²) in [4.78, 5) is 15.3. The van der Waals surface area contributed by atoms with Crippen molar-refractivity contribution in [2.75, 3.05) is 36.4 Å². The van der Waals surface area contributed by atoms with Crippen molar-refractivity contribution in [1.29, 1.82) is 0 Å². The molecule has 0 radical (unpaired) electrons. The Hall–Kier alpha value is -2.09. The molecule has 2 aromatic rings. The Kier molecular flexibility index (Phi) is 6.32. The number of hydrogen-bond acceptors (Lipinski definition) is 4. The number of nitrogens with zero attached hydrogens (tertiary/aromatic N) is 2. The van der Waals surface area contributed by atoms with Gasteiger partial charge < -0.3 is 10.2 Å². The fourth-order valence-electron chi connectivity index (χ4n) is 4.11. The first-order valence-electron chi connectivity index (χ1n) is 10.3. The van der Waals surface area contributed by atoms with Crippen molar-refractivity contribution in [3.8, 4) is 0 Å². The molecule has 2 aromatic carbocycles. The normalized spacial score (nSPS) is 20.3. The Balaban J connectivity index is 1.40. The number of anilines is 2. The second-order valence-electron chi connectivity index (χ2n) is 7.89. The highest BCUT2D eigenvalue weighted by Gasteiger charge is 2.33. The Labute approximate surface area is 182 Å². The van der Waals surface area contributed by atoms with E-state index in [0.29, 0.717) is 24.4 Å². The fraction of sp³-hybridized carbons (Fsp3) is 0.409. The summed E-state index contributed by atoms with van der Waals surface area (Å²) in [5, 5.41) is 3.44. The lowest BCUT2D eigenvalue weighted by Crippen LogP contribution is -2.43. The van der Waals surface area contributed by atoms with Crippen LogP contribution in [0.3, 0.4) is 0 Å². The van der Waals surface area contributed by atoms with Crippen LogP contribution in [-0.2, 0) is 14.8 Å². The van der Waals surface area contributed by atoms with Gasteiger partial charge in [0, 0.05) is 42.6 Å². The number of nitrogens with one attached hydrogen (secondary N) is 1. The van der Waals surface area contributed by atoms with E-state index in [-0.39, 0.29) is 23.3 Å². The minimum atomic E-state index is -3.64. The van der Waals surface area contributed by atoms with Gasteiger partial charge in [-0.25, -0.2) is 8.42 Å². The van der Waals surface area contributed by atoms with Crippen LogP contribution >= 0.6 is 11.6 Å². The Morgan fingerprint density at radius 2 is 1.60 bits per heavy atom. The van der Waals surface area contributed by atoms with E-state index < -0.39 is 10.0 Å². The lowest BCUT2D eigenvalue weighted by Gasteiger charge is -2.31. The summed E-state index contributed by atoms with van der Waals surface area (Å²) in [6.45, 7) is 2.75. The average Bonchev–Trinajstić information content (AvgIpc) is 3.30. The summed E-state index contributed by atoms with van der Waals surface area (Å²) in [6, 6.07) is 14.0. The summed E-state index contributed by atoms with van der Waals surface area (Å²) < 4.78 is 27.3. The maximum Gasteiger partial charge on any atom is 0.243 e. The zero-order valence-electron chi connectivity index (χ0n) is 16.8. The Bertz CT molecular complexity index is 987. The minimum absolute atomic E-state index is 0.139. The van der Waals surface area contributed by atoms with E-state index in [1.807, 2.05) is 24.3 Å². The lowest BCUT2D eigenvalue weighted by molar-refractivity contribution is -0.120. The van der Waals surface area contributed by atoms with E-state index in [4.69, 9.17) is 11.6 Å². The molecule has 1 atom stereocenters.